The van der Waals surface area contributed by atoms with E-state index in [0.29, 0.717) is 39.4 Å². The number of amides is 1. The number of hydrogen-bond donors (Lipinski definition) is 2. The average molecular weight is 559 g/mol. The van der Waals surface area contributed by atoms with Gasteiger partial charge in [-0.1, -0.05) is 18.2 Å². The lowest BCUT2D eigenvalue weighted by Gasteiger charge is -2.26. The number of fused-ring (bicyclic) bond motifs is 1. The highest BCUT2D eigenvalue weighted by atomic mass is 35.5. The molecule has 0 atom stereocenters. The summed E-state index contributed by atoms with van der Waals surface area (Å²) in [5, 5.41) is 17.2. The molecule has 0 bridgehead atoms. The third kappa shape index (κ3) is 6.01. The van der Waals surface area contributed by atoms with Gasteiger partial charge in [-0.05, 0) is 44.4 Å². The highest BCUT2D eigenvalue weighted by Crippen LogP contribution is 2.38. The van der Waals surface area contributed by atoms with Crippen LogP contribution in [0.3, 0.4) is 0 Å². The summed E-state index contributed by atoms with van der Waals surface area (Å²) in [5.74, 6) is 0.518. The molecule has 10 nitrogen and oxygen atoms in total. The predicted molar refractivity (Wildman–Crippen MR) is 161 cm³/mol. The highest BCUT2D eigenvalue weighted by molar-refractivity contribution is 6.36. The minimum atomic E-state index is -0.333. The maximum absolute atomic E-state index is 12.3. The van der Waals surface area contributed by atoms with Crippen LogP contribution < -0.4 is 20.3 Å². The number of benzene rings is 2. The number of nitrogens with zero attached hydrogens (tertiary/aromatic N) is 6. The molecule has 0 saturated carbocycles. The minimum absolute atomic E-state index is 0.309. The lowest BCUT2D eigenvalue weighted by atomic mass is 10.0. The number of aromatic nitrogens is 3. The van der Waals surface area contributed by atoms with E-state index in [1.165, 1.54) is 6.08 Å². The summed E-state index contributed by atoms with van der Waals surface area (Å²) in [6.45, 7) is 5.12. The Hall–Kier alpha value is -4.59. The number of halogens is 1. The molecule has 2 aromatic heterocycles. The number of ether oxygens (including phenoxy) is 1. The summed E-state index contributed by atoms with van der Waals surface area (Å²) < 4.78 is 7.52. The van der Waals surface area contributed by atoms with Crippen LogP contribution in [0.4, 0.5) is 23.0 Å². The third-order valence-electron chi connectivity index (χ3n) is 6.40. The number of nitriles is 1. The first-order valence-electron chi connectivity index (χ1n) is 12.5. The van der Waals surface area contributed by atoms with Crippen LogP contribution in [0, 0.1) is 11.3 Å². The summed E-state index contributed by atoms with van der Waals surface area (Å²) >= 11 is 6.44. The third-order valence-corrected chi connectivity index (χ3v) is 6.70. The van der Waals surface area contributed by atoms with Crippen molar-refractivity contribution in [1.82, 2.24) is 19.4 Å². The Kier molecular flexibility index (Phi) is 8.58. The summed E-state index contributed by atoms with van der Waals surface area (Å²) in [4.78, 5) is 25.4. The first-order chi connectivity index (χ1) is 19.1. The number of anilines is 4. The van der Waals surface area contributed by atoms with E-state index in [0.717, 1.165) is 35.2 Å². The van der Waals surface area contributed by atoms with Crippen molar-refractivity contribution in [3.05, 3.63) is 66.0 Å². The molecule has 4 aromatic rings. The van der Waals surface area contributed by atoms with Gasteiger partial charge >= 0.3 is 0 Å². The summed E-state index contributed by atoms with van der Waals surface area (Å²) in [6, 6.07) is 11.3. The average Bonchev–Trinajstić information content (AvgIpc) is 3.24. The normalized spacial score (nSPS) is 10.8. The quantitative estimate of drug-likeness (QED) is 0.261. The van der Waals surface area contributed by atoms with Gasteiger partial charge in [-0.25, -0.2) is 9.97 Å². The van der Waals surface area contributed by atoms with Crippen LogP contribution in [-0.4, -0.2) is 66.7 Å². The van der Waals surface area contributed by atoms with Crippen molar-refractivity contribution in [3.8, 4) is 23.1 Å². The molecule has 11 heteroatoms. The molecule has 0 spiro atoms. The molecular weight excluding hydrogens is 528 g/mol. The Morgan fingerprint density at radius 3 is 2.67 bits per heavy atom. The molecule has 0 unspecified atom stereocenters. The van der Waals surface area contributed by atoms with Gasteiger partial charge in [0.2, 0.25) is 11.9 Å². The van der Waals surface area contributed by atoms with Crippen LogP contribution in [0.5, 0.6) is 5.75 Å². The molecule has 2 N–H and O–H groups in total. The molecule has 1 amide bonds. The van der Waals surface area contributed by atoms with Crippen molar-refractivity contribution in [2.75, 3.05) is 56.9 Å². The molecule has 40 heavy (non-hydrogen) atoms. The number of nitrogens with one attached hydrogen (secondary N) is 2. The molecule has 2 aromatic carbocycles. The summed E-state index contributed by atoms with van der Waals surface area (Å²) in [6.07, 6.45) is 4.63. The van der Waals surface area contributed by atoms with Crippen LogP contribution in [0.15, 0.2) is 55.4 Å². The van der Waals surface area contributed by atoms with Crippen molar-refractivity contribution < 1.29 is 9.53 Å². The van der Waals surface area contributed by atoms with Crippen molar-refractivity contribution in [2.45, 2.75) is 0 Å². The Balaban J connectivity index is 1.73. The molecule has 4 rings (SSSR count). The van der Waals surface area contributed by atoms with Crippen molar-refractivity contribution in [1.29, 1.82) is 5.26 Å². The van der Waals surface area contributed by atoms with Crippen LogP contribution in [-0.2, 0) is 11.8 Å². The van der Waals surface area contributed by atoms with E-state index in [4.69, 9.17) is 16.3 Å². The van der Waals surface area contributed by atoms with Crippen LogP contribution in [0.2, 0.25) is 5.02 Å². The summed E-state index contributed by atoms with van der Waals surface area (Å²) in [7, 11) is 9.39. The van der Waals surface area contributed by atoms with E-state index < -0.39 is 0 Å². The fraction of sp³-hybridized carbons (Fsp3) is 0.241. The number of likely N-dealkylation sites (N-methyl/N-ethyl adjacent to an activating group) is 2. The van der Waals surface area contributed by atoms with Crippen LogP contribution in [0.1, 0.15) is 5.56 Å². The lowest BCUT2D eigenvalue weighted by molar-refractivity contribution is -0.111. The smallest absolute Gasteiger partial charge is 0.247 e. The molecule has 0 aliphatic carbocycles. The Labute approximate surface area is 238 Å². The fourth-order valence-corrected chi connectivity index (χ4v) is 4.63. The van der Waals surface area contributed by atoms with E-state index >= 15 is 0 Å². The van der Waals surface area contributed by atoms with E-state index in [2.05, 4.69) is 38.1 Å². The van der Waals surface area contributed by atoms with Crippen LogP contribution >= 0.6 is 11.6 Å². The molecule has 0 aliphatic heterocycles. The van der Waals surface area contributed by atoms with Crippen molar-refractivity contribution >= 4 is 51.4 Å². The minimum Gasteiger partial charge on any atom is -0.494 e. The van der Waals surface area contributed by atoms with Gasteiger partial charge in [0.15, 0.2) is 0 Å². The second kappa shape index (κ2) is 12.1. The molecule has 0 aliphatic rings. The Bertz CT molecular complexity index is 1620. The van der Waals surface area contributed by atoms with Gasteiger partial charge in [0, 0.05) is 56.6 Å². The van der Waals surface area contributed by atoms with Crippen molar-refractivity contribution in [2.24, 2.45) is 7.05 Å². The van der Waals surface area contributed by atoms with E-state index in [1.807, 2.05) is 49.8 Å². The van der Waals surface area contributed by atoms with Gasteiger partial charge in [0.05, 0.1) is 46.0 Å². The largest absolute Gasteiger partial charge is 0.494 e. The first-order valence-corrected chi connectivity index (χ1v) is 12.8. The molecule has 2 heterocycles. The zero-order chi connectivity index (χ0) is 29.0. The van der Waals surface area contributed by atoms with E-state index in [1.54, 1.807) is 37.7 Å². The van der Waals surface area contributed by atoms with Crippen LogP contribution in [0.25, 0.3) is 22.2 Å². The standard InChI is InChI=1S/C29H31ClN8O2/c1-7-27(39)33-23-14-24(26(40-6)15-25(23)37(4)11-10-36(2)3)35-29-32-9-8-22(34-29)18-12-19(16-31)28-20(13-18)21(30)17-38(28)5/h7-9,12-15,17H,1,10-11H2,2-6H3,(H,33,39)(H,32,34,35). The molecule has 0 saturated heterocycles. The predicted octanol–water partition coefficient (Wildman–Crippen LogP) is 5.03. The Morgan fingerprint density at radius 2 is 2.00 bits per heavy atom. The fourth-order valence-electron chi connectivity index (χ4n) is 4.34. The molecule has 0 fully saturated rings. The SMILES string of the molecule is C=CC(=O)Nc1cc(Nc2nccc(-c3cc(C#N)c4c(c3)c(Cl)cn4C)n2)c(OC)cc1N(C)CCN(C)C. The van der Waals surface area contributed by atoms with E-state index in [9.17, 15) is 10.1 Å². The zero-order valence-corrected chi connectivity index (χ0v) is 23.9. The van der Waals surface area contributed by atoms with Gasteiger partial charge in [0.25, 0.3) is 0 Å². The number of carbonyl (C=O) groups excluding carboxylic acids is 1. The number of rotatable bonds is 10. The maximum atomic E-state index is 12.3. The van der Waals surface area contributed by atoms with Gasteiger partial charge in [0.1, 0.15) is 11.8 Å². The first kappa shape index (κ1) is 28.4. The number of methoxy groups -OCH3 is 1. The lowest BCUT2D eigenvalue weighted by Crippen LogP contribution is -2.29. The molecule has 206 valence electrons. The van der Waals surface area contributed by atoms with E-state index in [-0.39, 0.29) is 5.91 Å². The van der Waals surface area contributed by atoms with Gasteiger partial charge in [-0.3, -0.25) is 4.79 Å². The number of aryl methyl sites for hydroxylation is 1. The highest BCUT2D eigenvalue weighted by Gasteiger charge is 2.17. The van der Waals surface area contributed by atoms with Gasteiger partial charge in [-0.2, -0.15) is 5.26 Å². The topological polar surface area (TPSA) is 111 Å². The second-order valence-corrected chi connectivity index (χ2v) is 9.91. The van der Waals surface area contributed by atoms with Gasteiger partial charge in [-0.15, -0.1) is 0 Å². The zero-order valence-electron chi connectivity index (χ0n) is 23.1. The number of carbonyl (C=O) groups is 1. The molecule has 0 radical (unpaired) electrons. The summed E-state index contributed by atoms with van der Waals surface area (Å²) in [5.41, 5.74) is 4.51. The maximum Gasteiger partial charge on any atom is 0.247 e. The second-order valence-electron chi connectivity index (χ2n) is 9.50. The number of hydrogen-bond acceptors (Lipinski definition) is 8. The molecular formula is C29H31ClN8O2. The van der Waals surface area contributed by atoms with Crippen molar-refractivity contribution in [3.63, 3.8) is 0 Å². The Morgan fingerprint density at radius 1 is 1.23 bits per heavy atom. The monoisotopic (exact) mass is 558 g/mol. The van der Waals surface area contributed by atoms with Gasteiger partial charge < -0.3 is 29.7 Å².